The van der Waals surface area contributed by atoms with Gasteiger partial charge in [0.05, 0.1) is 13.2 Å². The van der Waals surface area contributed by atoms with Gasteiger partial charge in [-0.05, 0) is 42.6 Å². The van der Waals surface area contributed by atoms with E-state index in [1.165, 1.54) is 0 Å². The molecule has 3 heterocycles. The predicted octanol–water partition coefficient (Wildman–Crippen LogP) is 4.17. The second-order valence-corrected chi connectivity index (χ2v) is 7.83. The average Bonchev–Trinajstić information content (AvgIpc) is 2.85. The number of pyridine rings is 1. The lowest BCUT2D eigenvalue weighted by Crippen LogP contribution is -2.36. The number of amides is 1. The lowest BCUT2D eigenvalue weighted by molar-refractivity contribution is 0.102. The maximum Gasteiger partial charge on any atom is 0.274 e. The standard InChI is InChI=1S/C25H24N6O2/c1-17-16-22(31-12-14-33-15-13-31)30-25(27-17)29-20-8-6-19(7-9-20)28-24(32)23-21-5-3-2-4-18(21)10-11-26-23/h2-11,16H,12-15H2,1H3,(H,28,32)(H,27,29,30). The van der Waals surface area contributed by atoms with E-state index in [0.717, 1.165) is 41.1 Å². The van der Waals surface area contributed by atoms with E-state index in [2.05, 4.69) is 30.5 Å². The molecule has 1 saturated heterocycles. The minimum absolute atomic E-state index is 0.246. The van der Waals surface area contributed by atoms with Crippen LogP contribution < -0.4 is 15.5 Å². The smallest absolute Gasteiger partial charge is 0.274 e. The Kier molecular flexibility index (Phi) is 5.82. The highest BCUT2D eigenvalue weighted by atomic mass is 16.5. The summed E-state index contributed by atoms with van der Waals surface area (Å²) < 4.78 is 5.43. The number of rotatable bonds is 5. The van der Waals surface area contributed by atoms with E-state index in [1.807, 2.05) is 67.6 Å². The molecule has 0 unspecified atom stereocenters. The van der Waals surface area contributed by atoms with Crippen LogP contribution in [-0.4, -0.2) is 47.2 Å². The van der Waals surface area contributed by atoms with Crippen molar-refractivity contribution in [2.75, 3.05) is 41.8 Å². The first-order valence-corrected chi connectivity index (χ1v) is 10.9. The number of hydrogen-bond donors (Lipinski definition) is 2. The van der Waals surface area contributed by atoms with Crippen LogP contribution in [0.15, 0.2) is 66.9 Å². The normalized spacial score (nSPS) is 13.7. The van der Waals surface area contributed by atoms with Crippen molar-refractivity contribution >= 4 is 39.8 Å². The Morgan fingerprint density at radius 2 is 1.73 bits per heavy atom. The molecule has 5 rings (SSSR count). The molecular formula is C25H24N6O2. The molecular weight excluding hydrogens is 416 g/mol. The Hall–Kier alpha value is -4.04. The highest BCUT2D eigenvalue weighted by molar-refractivity contribution is 6.11. The second kappa shape index (κ2) is 9.22. The van der Waals surface area contributed by atoms with Crippen molar-refractivity contribution in [1.82, 2.24) is 15.0 Å². The molecule has 1 amide bonds. The second-order valence-electron chi connectivity index (χ2n) is 7.83. The summed E-state index contributed by atoms with van der Waals surface area (Å²) in [5, 5.41) is 7.98. The number of morpholine rings is 1. The van der Waals surface area contributed by atoms with Crippen molar-refractivity contribution < 1.29 is 9.53 Å². The van der Waals surface area contributed by atoms with Gasteiger partial charge >= 0.3 is 0 Å². The molecule has 1 fully saturated rings. The first-order valence-electron chi connectivity index (χ1n) is 10.9. The number of carbonyl (C=O) groups excluding carboxylic acids is 1. The summed E-state index contributed by atoms with van der Waals surface area (Å²) in [5.74, 6) is 1.18. The molecule has 2 aromatic heterocycles. The lowest BCUT2D eigenvalue weighted by atomic mass is 10.1. The fourth-order valence-electron chi connectivity index (χ4n) is 3.82. The molecule has 2 N–H and O–H groups in total. The molecule has 0 aliphatic carbocycles. The predicted molar refractivity (Wildman–Crippen MR) is 129 cm³/mol. The number of aromatic nitrogens is 3. The monoisotopic (exact) mass is 440 g/mol. The van der Waals surface area contributed by atoms with Gasteiger partial charge in [0.25, 0.3) is 5.91 Å². The van der Waals surface area contributed by atoms with Crippen LogP contribution in [0, 0.1) is 6.92 Å². The summed E-state index contributed by atoms with van der Waals surface area (Å²) in [6, 6.07) is 19.0. The van der Waals surface area contributed by atoms with Gasteiger partial charge in [-0.3, -0.25) is 9.78 Å². The van der Waals surface area contributed by atoms with E-state index in [0.29, 0.717) is 30.5 Å². The summed E-state index contributed by atoms with van der Waals surface area (Å²) in [6.07, 6.45) is 1.65. The van der Waals surface area contributed by atoms with Crippen LogP contribution in [0.1, 0.15) is 16.2 Å². The summed E-state index contributed by atoms with van der Waals surface area (Å²) in [7, 11) is 0. The van der Waals surface area contributed by atoms with Gasteiger partial charge < -0.3 is 20.3 Å². The highest BCUT2D eigenvalue weighted by Gasteiger charge is 2.15. The molecule has 1 aliphatic heterocycles. The Morgan fingerprint density at radius 3 is 2.55 bits per heavy atom. The van der Waals surface area contributed by atoms with Gasteiger partial charge in [0.15, 0.2) is 0 Å². The number of aryl methyl sites for hydroxylation is 1. The number of ether oxygens (including phenoxy) is 1. The number of fused-ring (bicyclic) bond motifs is 1. The van der Waals surface area contributed by atoms with Crippen molar-refractivity contribution in [3.63, 3.8) is 0 Å². The zero-order valence-corrected chi connectivity index (χ0v) is 18.3. The maximum atomic E-state index is 12.8. The van der Waals surface area contributed by atoms with Crippen molar-refractivity contribution in [2.45, 2.75) is 6.92 Å². The third kappa shape index (κ3) is 4.75. The van der Waals surface area contributed by atoms with Gasteiger partial charge in [-0.2, -0.15) is 4.98 Å². The minimum atomic E-state index is -0.246. The van der Waals surface area contributed by atoms with Gasteiger partial charge in [0.2, 0.25) is 5.95 Å². The molecule has 33 heavy (non-hydrogen) atoms. The van der Waals surface area contributed by atoms with Crippen molar-refractivity contribution in [3.8, 4) is 0 Å². The van der Waals surface area contributed by atoms with Crippen molar-refractivity contribution in [2.24, 2.45) is 0 Å². The Morgan fingerprint density at radius 1 is 0.970 bits per heavy atom. The third-order valence-electron chi connectivity index (χ3n) is 5.46. The number of hydrogen-bond acceptors (Lipinski definition) is 7. The quantitative estimate of drug-likeness (QED) is 0.481. The number of nitrogens with zero attached hydrogens (tertiary/aromatic N) is 4. The number of carbonyl (C=O) groups is 1. The minimum Gasteiger partial charge on any atom is -0.378 e. The topological polar surface area (TPSA) is 92.3 Å². The third-order valence-corrected chi connectivity index (χ3v) is 5.46. The molecule has 0 spiro atoms. The van der Waals surface area contributed by atoms with Crippen LogP contribution in [0.3, 0.4) is 0 Å². The van der Waals surface area contributed by atoms with Crippen molar-refractivity contribution in [1.29, 1.82) is 0 Å². The van der Waals surface area contributed by atoms with Crippen molar-refractivity contribution in [3.05, 3.63) is 78.2 Å². The molecule has 0 bridgehead atoms. The van der Waals surface area contributed by atoms with Crippen LogP contribution in [-0.2, 0) is 4.74 Å². The molecule has 166 valence electrons. The van der Waals surface area contributed by atoms with Crippen LogP contribution in [0.25, 0.3) is 10.8 Å². The largest absolute Gasteiger partial charge is 0.378 e. The molecule has 8 heteroatoms. The lowest BCUT2D eigenvalue weighted by Gasteiger charge is -2.28. The van der Waals surface area contributed by atoms with Gasteiger partial charge in [0.1, 0.15) is 11.5 Å². The van der Waals surface area contributed by atoms with Gasteiger partial charge in [-0.25, -0.2) is 4.98 Å². The van der Waals surface area contributed by atoms with Crippen LogP contribution in [0.5, 0.6) is 0 Å². The maximum absolute atomic E-state index is 12.8. The van der Waals surface area contributed by atoms with Crippen LogP contribution in [0.2, 0.25) is 0 Å². The summed E-state index contributed by atoms with van der Waals surface area (Å²) in [6.45, 7) is 4.99. The molecule has 1 aliphatic rings. The molecule has 0 atom stereocenters. The number of nitrogens with one attached hydrogen (secondary N) is 2. The van der Waals surface area contributed by atoms with Crippen LogP contribution >= 0.6 is 0 Å². The van der Waals surface area contributed by atoms with Gasteiger partial charge in [-0.15, -0.1) is 0 Å². The SMILES string of the molecule is Cc1cc(N2CCOCC2)nc(Nc2ccc(NC(=O)c3nccc4ccccc34)cc2)n1. The van der Waals surface area contributed by atoms with Crippen LogP contribution in [0.4, 0.5) is 23.1 Å². The Balaban J connectivity index is 1.29. The summed E-state index contributed by atoms with van der Waals surface area (Å²) in [5.41, 5.74) is 2.80. The fraction of sp³-hybridized carbons (Fsp3) is 0.200. The Labute approximate surface area is 191 Å². The highest BCUT2D eigenvalue weighted by Crippen LogP contribution is 2.22. The van der Waals surface area contributed by atoms with E-state index >= 15 is 0 Å². The van der Waals surface area contributed by atoms with E-state index in [1.54, 1.807) is 6.20 Å². The zero-order valence-electron chi connectivity index (χ0n) is 18.3. The van der Waals surface area contributed by atoms with E-state index < -0.39 is 0 Å². The van der Waals surface area contributed by atoms with E-state index in [4.69, 9.17) is 4.74 Å². The summed E-state index contributed by atoms with van der Waals surface area (Å²) in [4.78, 5) is 28.5. The number of benzene rings is 2. The fourth-order valence-corrected chi connectivity index (χ4v) is 3.82. The molecule has 2 aromatic carbocycles. The summed E-state index contributed by atoms with van der Waals surface area (Å²) >= 11 is 0. The van der Waals surface area contributed by atoms with E-state index in [-0.39, 0.29) is 5.91 Å². The molecule has 0 saturated carbocycles. The van der Waals surface area contributed by atoms with E-state index in [9.17, 15) is 4.79 Å². The first-order chi connectivity index (χ1) is 16.2. The first kappa shape index (κ1) is 20.8. The molecule has 8 nitrogen and oxygen atoms in total. The number of anilines is 4. The Bertz CT molecular complexity index is 1280. The molecule has 0 radical (unpaired) electrons. The average molecular weight is 441 g/mol. The van der Waals surface area contributed by atoms with Gasteiger partial charge in [0, 0.05) is 47.8 Å². The molecule has 4 aromatic rings. The van der Waals surface area contributed by atoms with Gasteiger partial charge in [-0.1, -0.05) is 24.3 Å². The zero-order chi connectivity index (χ0) is 22.6.